The molecule has 5 nitrogen and oxygen atoms in total. The van der Waals surface area contributed by atoms with Gasteiger partial charge in [0.1, 0.15) is 10.6 Å². The van der Waals surface area contributed by atoms with E-state index in [0.717, 1.165) is 6.42 Å². The fourth-order valence-electron chi connectivity index (χ4n) is 1.45. The Morgan fingerprint density at radius 3 is 2.85 bits per heavy atom. The van der Waals surface area contributed by atoms with Crippen molar-refractivity contribution in [1.82, 2.24) is 0 Å². The second kappa shape index (κ2) is 8.11. The van der Waals surface area contributed by atoms with Crippen molar-refractivity contribution in [3.05, 3.63) is 28.8 Å². The van der Waals surface area contributed by atoms with Crippen LogP contribution in [0.1, 0.15) is 25.3 Å². The molecular formula is C13H16BrClN2O3. The van der Waals surface area contributed by atoms with E-state index in [9.17, 15) is 4.79 Å². The second-order valence-electron chi connectivity index (χ2n) is 3.99. The normalized spacial score (nSPS) is 12.9. The molecule has 0 amide bonds. The number of carbonyl (C=O) groups is 1. The molecule has 7 heteroatoms. The lowest BCUT2D eigenvalue weighted by Gasteiger charge is -2.08. The molecule has 0 radical (unpaired) electrons. The number of hydrogen-bond donors (Lipinski definition) is 1. The summed E-state index contributed by atoms with van der Waals surface area (Å²) in [4.78, 5) is 16.0. The van der Waals surface area contributed by atoms with Crippen LogP contribution in [0, 0.1) is 0 Å². The van der Waals surface area contributed by atoms with Crippen molar-refractivity contribution in [3.63, 3.8) is 0 Å². The molecular weight excluding hydrogens is 348 g/mol. The van der Waals surface area contributed by atoms with Crippen LogP contribution >= 0.6 is 27.5 Å². The van der Waals surface area contributed by atoms with Crippen molar-refractivity contribution in [3.8, 4) is 5.75 Å². The Labute approximate surface area is 131 Å². The number of oxime groups is 1. The van der Waals surface area contributed by atoms with Crippen LogP contribution in [0.15, 0.2) is 23.4 Å². The van der Waals surface area contributed by atoms with Crippen LogP contribution in [0.3, 0.4) is 0 Å². The highest BCUT2D eigenvalue weighted by molar-refractivity contribution is 9.10. The average molecular weight is 364 g/mol. The average Bonchev–Trinajstić information content (AvgIpc) is 2.44. The Kier molecular flexibility index (Phi) is 6.81. The van der Waals surface area contributed by atoms with Crippen LogP contribution in [0.25, 0.3) is 0 Å². The molecule has 0 aliphatic heterocycles. The molecule has 1 atom stereocenters. The van der Waals surface area contributed by atoms with Crippen molar-refractivity contribution in [2.24, 2.45) is 10.9 Å². The zero-order valence-corrected chi connectivity index (χ0v) is 13.6. The molecule has 20 heavy (non-hydrogen) atoms. The van der Waals surface area contributed by atoms with E-state index in [4.69, 9.17) is 26.9 Å². The molecule has 0 bridgehead atoms. The Hall–Kier alpha value is -1.27. The molecule has 0 aliphatic carbocycles. The fourth-order valence-corrected chi connectivity index (χ4v) is 2.17. The molecule has 1 rings (SSSR count). The number of alkyl halides is 1. The number of ether oxygens (including phenoxy) is 1. The molecule has 110 valence electrons. The van der Waals surface area contributed by atoms with Crippen LogP contribution in [-0.2, 0) is 9.63 Å². The number of nitrogens with zero attached hydrogens (tertiary/aromatic N) is 1. The molecule has 0 spiro atoms. The van der Waals surface area contributed by atoms with Gasteiger partial charge in [0.2, 0.25) is 0 Å². The molecule has 0 aromatic heterocycles. The SMILES string of the molecule is CCCC(Br)C(=O)O/N=C(\N)c1cc(Cl)ccc1OC. The summed E-state index contributed by atoms with van der Waals surface area (Å²) in [7, 11) is 1.50. The van der Waals surface area contributed by atoms with Crippen molar-refractivity contribution < 1.29 is 14.4 Å². The topological polar surface area (TPSA) is 73.9 Å². The van der Waals surface area contributed by atoms with Crippen molar-refractivity contribution in [2.45, 2.75) is 24.6 Å². The number of methoxy groups -OCH3 is 1. The molecule has 0 saturated carbocycles. The minimum Gasteiger partial charge on any atom is -0.496 e. The van der Waals surface area contributed by atoms with Crippen LogP contribution in [-0.4, -0.2) is 23.7 Å². The van der Waals surface area contributed by atoms with E-state index in [1.165, 1.54) is 7.11 Å². The highest BCUT2D eigenvalue weighted by Crippen LogP contribution is 2.22. The minimum absolute atomic E-state index is 0.0221. The summed E-state index contributed by atoms with van der Waals surface area (Å²) in [5.41, 5.74) is 6.25. The standard InChI is InChI=1S/C13H16BrClN2O3/c1-3-4-10(14)13(18)20-17-12(16)9-7-8(15)5-6-11(9)19-2/h5-7,10H,3-4H2,1-2H3,(H2,16,17). The van der Waals surface area contributed by atoms with E-state index in [-0.39, 0.29) is 5.84 Å². The van der Waals surface area contributed by atoms with E-state index in [1.807, 2.05) is 6.92 Å². The maximum Gasteiger partial charge on any atom is 0.348 e. The van der Waals surface area contributed by atoms with E-state index >= 15 is 0 Å². The Morgan fingerprint density at radius 2 is 2.25 bits per heavy atom. The van der Waals surface area contributed by atoms with Gasteiger partial charge in [-0.05, 0) is 24.6 Å². The summed E-state index contributed by atoms with van der Waals surface area (Å²) in [6, 6.07) is 4.91. The molecule has 1 aromatic carbocycles. The van der Waals surface area contributed by atoms with E-state index < -0.39 is 10.8 Å². The molecule has 1 unspecified atom stereocenters. The van der Waals surface area contributed by atoms with Gasteiger partial charge < -0.3 is 15.3 Å². The van der Waals surface area contributed by atoms with E-state index in [1.54, 1.807) is 18.2 Å². The third-order valence-electron chi connectivity index (χ3n) is 2.47. The van der Waals surface area contributed by atoms with Gasteiger partial charge in [0, 0.05) is 5.02 Å². The lowest BCUT2D eigenvalue weighted by atomic mass is 10.2. The van der Waals surface area contributed by atoms with Gasteiger partial charge in [0.25, 0.3) is 0 Å². The summed E-state index contributed by atoms with van der Waals surface area (Å²) in [6.45, 7) is 1.97. The molecule has 0 heterocycles. The lowest BCUT2D eigenvalue weighted by molar-refractivity contribution is -0.142. The largest absolute Gasteiger partial charge is 0.496 e. The second-order valence-corrected chi connectivity index (χ2v) is 5.53. The minimum atomic E-state index is -0.490. The van der Waals surface area contributed by atoms with Gasteiger partial charge in [0.05, 0.1) is 12.7 Å². The zero-order valence-electron chi connectivity index (χ0n) is 11.2. The Balaban J connectivity index is 2.84. The predicted octanol–water partition coefficient (Wildman–Crippen LogP) is 3.08. The monoisotopic (exact) mass is 362 g/mol. The van der Waals surface area contributed by atoms with Gasteiger partial charge in [-0.3, -0.25) is 0 Å². The Bertz CT molecular complexity index is 508. The summed E-state index contributed by atoms with van der Waals surface area (Å²) in [5.74, 6) is 0.0281. The van der Waals surface area contributed by atoms with Crippen LogP contribution in [0.2, 0.25) is 5.02 Å². The van der Waals surface area contributed by atoms with E-state index in [0.29, 0.717) is 22.8 Å². The fraction of sp³-hybridized carbons (Fsp3) is 0.385. The number of rotatable bonds is 6. The molecule has 2 N–H and O–H groups in total. The van der Waals surface area contributed by atoms with Crippen LogP contribution in [0.5, 0.6) is 5.75 Å². The third-order valence-corrected chi connectivity index (χ3v) is 3.54. The molecule has 0 aliphatic rings. The van der Waals surface area contributed by atoms with Crippen LogP contribution in [0.4, 0.5) is 0 Å². The molecule has 0 fully saturated rings. The summed E-state index contributed by atoms with van der Waals surface area (Å²) in [6.07, 6.45) is 1.51. The third kappa shape index (κ3) is 4.68. The summed E-state index contributed by atoms with van der Waals surface area (Å²) >= 11 is 9.11. The van der Waals surface area contributed by atoms with Crippen LogP contribution < -0.4 is 10.5 Å². The zero-order chi connectivity index (χ0) is 15.1. The number of hydrogen-bond acceptors (Lipinski definition) is 4. The Morgan fingerprint density at radius 1 is 1.55 bits per heavy atom. The summed E-state index contributed by atoms with van der Waals surface area (Å²) < 4.78 is 5.15. The smallest absolute Gasteiger partial charge is 0.348 e. The highest BCUT2D eigenvalue weighted by Gasteiger charge is 2.16. The van der Waals surface area contributed by atoms with Gasteiger partial charge >= 0.3 is 5.97 Å². The quantitative estimate of drug-likeness (QED) is 0.277. The van der Waals surface area contributed by atoms with Crippen molar-refractivity contribution in [2.75, 3.05) is 7.11 Å². The summed E-state index contributed by atoms with van der Waals surface area (Å²) in [5, 5.41) is 4.10. The number of carbonyl (C=O) groups excluding carboxylic acids is 1. The highest BCUT2D eigenvalue weighted by atomic mass is 79.9. The first-order valence-electron chi connectivity index (χ1n) is 6.01. The first-order chi connectivity index (χ1) is 9.49. The van der Waals surface area contributed by atoms with Crippen molar-refractivity contribution in [1.29, 1.82) is 0 Å². The van der Waals surface area contributed by atoms with Gasteiger partial charge in [0.15, 0.2) is 5.84 Å². The maximum atomic E-state index is 11.6. The van der Waals surface area contributed by atoms with Crippen molar-refractivity contribution >= 4 is 39.3 Å². The van der Waals surface area contributed by atoms with E-state index in [2.05, 4.69) is 21.1 Å². The number of nitrogens with two attached hydrogens (primary N) is 1. The van der Waals surface area contributed by atoms with Gasteiger partial charge in [-0.25, -0.2) is 4.79 Å². The van der Waals surface area contributed by atoms with Gasteiger partial charge in [-0.2, -0.15) is 0 Å². The lowest BCUT2D eigenvalue weighted by Crippen LogP contribution is -2.19. The first kappa shape index (κ1) is 16.8. The predicted molar refractivity (Wildman–Crippen MR) is 82.4 cm³/mol. The number of benzene rings is 1. The molecule has 0 saturated heterocycles. The first-order valence-corrected chi connectivity index (χ1v) is 7.31. The maximum absolute atomic E-state index is 11.6. The number of amidine groups is 1. The van der Waals surface area contributed by atoms with Gasteiger partial charge in [-0.15, -0.1) is 0 Å². The number of halogens is 2. The molecule has 1 aromatic rings. The van der Waals surface area contributed by atoms with Gasteiger partial charge in [-0.1, -0.05) is 46.0 Å².